The molecule has 1 aromatic carbocycles. The monoisotopic (exact) mass is 343 g/mol. The summed E-state index contributed by atoms with van der Waals surface area (Å²) in [6, 6.07) is 6.90. The van der Waals surface area contributed by atoms with E-state index in [1.807, 2.05) is 0 Å². The first-order chi connectivity index (χ1) is 10.4. The van der Waals surface area contributed by atoms with Gasteiger partial charge < -0.3 is 9.47 Å². The largest absolute Gasteiger partial charge is 0.493 e. The predicted octanol–water partition coefficient (Wildman–Crippen LogP) is 0.968. The highest BCUT2D eigenvalue weighted by atomic mass is 32.2. The Labute approximate surface area is 131 Å². The third-order valence-electron chi connectivity index (χ3n) is 2.40. The Balaban J connectivity index is 1.95. The lowest BCUT2D eigenvalue weighted by Crippen LogP contribution is -2.20. The molecular weight excluding hydrogens is 330 g/mol. The first kappa shape index (κ1) is 16.2. The molecule has 0 saturated heterocycles. The second-order valence-electron chi connectivity index (χ2n) is 4.13. The van der Waals surface area contributed by atoms with Gasteiger partial charge in [-0.2, -0.15) is 0 Å². The van der Waals surface area contributed by atoms with Gasteiger partial charge in [0.1, 0.15) is 0 Å². The highest BCUT2D eigenvalue weighted by Crippen LogP contribution is 2.25. The van der Waals surface area contributed by atoms with Crippen LogP contribution in [-0.4, -0.2) is 44.5 Å². The number of amides is 1. The first-order valence-electron chi connectivity index (χ1n) is 5.99. The molecule has 0 aliphatic heterocycles. The van der Waals surface area contributed by atoms with Crippen molar-refractivity contribution in [1.29, 1.82) is 0 Å². The van der Waals surface area contributed by atoms with Crippen LogP contribution in [0.3, 0.4) is 0 Å². The number of nitrogens with one attached hydrogen (secondary N) is 1. The number of hydrogen-bond donors (Lipinski definition) is 1. The van der Waals surface area contributed by atoms with E-state index in [-0.39, 0.29) is 16.1 Å². The minimum absolute atomic E-state index is 0.0917. The van der Waals surface area contributed by atoms with Crippen molar-refractivity contribution in [3.8, 4) is 11.5 Å². The van der Waals surface area contributed by atoms with E-state index in [1.165, 1.54) is 7.11 Å². The molecule has 1 amide bonds. The Morgan fingerprint density at radius 2 is 1.95 bits per heavy atom. The number of aromatic nitrogens is 2. The molecule has 22 heavy (non-hydrogen) atoms. The first-order valence-corrected chi connectivity index (χ1v) is 8.70. The van der Waals surface area contributed by atoms with Gasteiger partial charge in [-0.05, 0) is 12.1 Å². The summed E-state index contributed by atoms with van der Waals surface area (Å²) in [6.45, 7) is -0.270. The van der Waals surface area contributed by atoms with Gasteiger partial charge in [0.05, 0.1) is 7.11 Å². The Hall–Kier alpha value is -2.20. The van der Waals surface area contributed by atoms with Crippen LogP contribution in [0.15, 0.2) is 28.6 Å². The number of rotatable bonds is 6. The van der Waals surface area contributed by atoms with Crippen LogP contribution in [0, 0.1) is 0 Å². The fraction of sp³-hybridized carbons (Fsp3) is 0.250. The molecule has 0 radical (unpaired) electrons. The summed E-state index contributed by atoms with van der Waals surface area (Å²) >= 11 is 0.775. The van der Waals surface area contributed by atoms with E-state index in [4.69, 9.17) is 9.47 Å². The van der Waals surface area contributed by atoms with Crippen LogP contribution in [0.4, 0.5) is 5.13 Å². The number of sulfone groups is 1. The second-order valence-corrected chi connectivity index (χ2v) is 7.30. The van der Waals surface area contributed by atoms with E-state index in [9.17, 15) is 13.2 Å². The van der Waals surface area contributed by atoms with Gasteiger partial charge in [0.15, 0.2) is 18.1 Å². The predicted molar refractivity (Wildman–Crippen MR) is 80.1 cm³/mol. The summed E-state index contributed by atoms with van der Waals surface area (Å²) in [4.78, 5) is 11.8. The highest BCUT2D eigenvalue weighted by molar-refractivity contribution is 7.92. The third kappa shape index (κ3) is 4.15. The van der Waals surface area contributed by atoms with Crippen LogP contribution in [-0.2, 0) is 14.6 Å². The number of hydrogen-bond acceptors (Lipinski definition) is 8. The van der Waals surface area contributed by atoms with Crippen molar-refractivity contribution in [2.75, 3.05) is 25.3 Å². The molecule has 0 bridgehead atoms. The van der Waals surface area contributed by atoms with Gasteiger partial charge in [-0.3, -0.25) is 10.1 Å². The van der Waals surface area contributed by atoms with Crippen LogP contribution in [0.2, 0.25) is 0 Å². The van der Waals surface area contributed by atoms with E-state index in [0.29, 0.717) is 11.5 Å². The normalized spacial score (nSPS) is 11.0. The summed E-state index contributed by atoms with van der Waals surface area (Å²) in [5.74, 6) is 0.446. The van der Waals surface area contributed by atoms with Crippen LogP contribution in [0.5, 0.6) is 11.5 Å². The fourth-order valence-electron chi connectivity index (χ4n) is 1.45. The van der Waals surface area contributed by atoms with Crippen molar-refractivity contribution in [2.24, 2.45) is 0 Å². The van der Waals surface area contributed by atoms with Crippen molar-refractivity contribution >= 4 is 32.2 Å². The molecule has 1 N–H and O–H groups in total. The highest BCUT2D eigenvalue weighted by Gasteiger charge is 2.16. The zero-order chi connectivity index (χ0) is 16.2. The van der Waals surface area contributed by atoms with Crippen LogP contribution < -0.4 is 14.8 Å². The van der Waals surface area contributed by atoms with E-state index in [1.54, 1.807) is 24.3 Å². The maximum atomic E-state index is 11.8. The zero-order valence-corrected chi connectivity index (χ0v) is 13.4. The van der Waals surface area contributed by atoms with Crippen molar-refractivity contribution < 1.29 is 22.7 Å². The zero-order valence-electron chi connectivity index (χ0n) is 11.8. The average molecular weight is 343 g/mol. The molecule has 0 fully saturated rings. The number of ether oxygens (including phenoxy) is 2. The topological polar surface area (TPSA) is 107 Å². The smallest absolute Gasteiger partial charge is 0.264 e. The maximum Gasteiger partial charge on any atom is 0.264 e. The fourth-order valence-corrected chi connectivity index (χ4v) is 2.97. The Morgan fingerprint density at radius 1 is 1.27 bits per heavy atom. The number of benzene rings is 1. The summed E-state index contributed by atoms with van der Waals surface area (Å²) < 4.78 is 32.8. The summed E-state index contributed by atoms with van der Waals surface area (Å²) in [5, 5.41) is 9.59. The van der Waals surface area contributed by atoms with Crippen molar-refractivity contribution in [1.82, 2.24) is 10.2 Å². The molecule has 0 saturated carbocycles. The molecule has 0 atom stereocenters. The van der Waals surface area contributed by atoms with Gasteiger partial charge in [-0.1, -0.05) is 23.5 Å². The summed E-state index contributed by atoms with van der Waals surface area (Å²) in [7, 11) is -1.94. The van der Waals surface area contributed by atoms with E-state index < -0.39 is 15.7 Å². The number of methoxy groups -OCH3 is 1. The lowest BCUT2D eigenvalue weighted by molar-refractivity contribution is -0.118. The molecule has 0 unspecified atom stereocenters. The van der Waals surface area contributed by atoms with Crippen LogP contribution in [0.25, 0.3) is 0 Å². The van der Waals surface area contributed by atoms with Gasteiger partial charge in [-0.15, -0.1) is 10.2 Å². The number of nitrogens with zero attached hydrogens (tertiary/aromatic N) is 2. The van der Waals surface area contributed by atoms with E-state index >= 15 is 0 Å². The van der Waals surface area contributed by atoms with Crippen molar-refractivity contribution in [3.63, 3.8) is 0 Å². The molecule has 0 spiro atoms. The Morgan fingerprint density at radius 3 is 2.55 bits per heavy atom. The minimum Gasteiger partial charge on any atom is -0.493 e. The Kier molecular flexibility index (Phi) is 4.93. The molecule has 0 aliphatic rings. The molecule has 1 aromatic heterocycles. The number of para-hydroxylation sites is 2. The molecule has 0 aliphatic carbocycles. The van der Waals surface area contributed by atoms with Gasteiger partial charge in [0, 0.05) is 6.26 Å². The lowest BCUT2D eigenvalue weighted by Gasteiger charge is -2.09. The van der Waals surface area contributed by atoms with Crippen LogP contribution in [0.1, 0.15) is 0 Å². The molecule has 2 rings (SSSR count). The number of anilines is 1. The van der Waals surface area contributed by atoms with E-state index in [0.717, 1.165) is 17.6 Å². The SMILES string of the molecule is COc1ccccc1OCC(=O)Nc1nnc(S(C)(=O)=O)s1. The standard InChI is InChI=1S/C12H13N3O5S2/c1-19-8-5-3-4-6-9(8)20-7-10(16)13-11-14-15-12(21-11)22(2,17)18/h3-6H,7H2,1-2H3,(H,13,14,16). The van der Waals surface area contributed by atoms with Crippen molar-refractivity contribution in [3.05, 3.63) is 24.3 Å². The molecule has 8 nitrogen and oxygen atoms in total. The quantitative estimate of drug-likeness (QED) is 0.779. The van der Waals surface area contributed by atoms with E-state index in [2.05, 4.69) is 15.5 Å². The van der Waals surface area contributed by atoms with Crippen LogP contribution >= 0.6 is 11.3 Å². The molecule has 2 aromatic rings. The lowest BCUT2D eigenvalue weighted by atomic mass is 10.3. The summed E-state index contributed by atoms with van der Waals surface area (Å²) in [6.07, 6.45) is 1.02. The summed E-state index contributed by atoms with van der Waals surface area (Å²) in [5.41, 5.74) is 0. The molecular formula is C12H13N3O5S2. The van der Waals surface area contributed by atoms with Gasteiger partial charge in [-0.25, -0.2) is 8.42 Å². The molecule has 118 valence electrons. The van der Waals surface area contributed by atoms with Crippen molar-refractivity contribution in [2.45, 2.75) is 4.34 Å². The molecule has 10 heteroatoms. The van der Waals surface area contributed by atoms with Gasteiger partial charge in [0.25, 0.3) is 5.91 Å². The second kappa shape index (κ2) is 6.71. The number of carbonyl (C=O) groups excluding carboxylic acids is 1. The Bertz CT molecular complexity index is 773. The van der Waals surface area contributed by atoms with Gasteiger partial charge in [0.2, 0.25) is 19.3 Å². The third-order valence-corrected chi connectivity index (χ3v) is 4.91. The number of carbonyl (C=O) groups is 1. The maximum absolute atomic E-state index is 11.8. The minimum atomic E-state index is -3.44. The molecule has 1 heterocycles. The average Bonchev–Trinajstić information content (AvgIpc) is 2.94. The van der Waals surface area contributed by atoms with Gasteiger partial charge >= 0.3 is 0 Å².